The van der Waals surface area contributed by atoms with Crippen molar-refractivity contribution in [3.63, 3.8) is 0 Å². The summed E-state index contributed by atoms with van der Waals surface area (Å²) in [6.45, 7) is 4.94. The van der Waals surface area contributed by atoms with Crippen LogP contribution in [0, 0.1) is 0 Å². The molecule has 3 nitrogen and oxygen atoms in total. The van der Waals surface area contributed by atoms with E-state index in [1.165, 1.54) is 0 Å². The van der Waals surface area contributed by atoms with E-state index in [-0.39, 0.29) is 0 Å². The van der Waals surface area contributed by atoms with Crippen LogP contribution in [-0.2, 0) is 11.2 Å². The molecule has 0 aliphatic carbocycles. The van der Waals surface area contributed by atoms with E-state index < -0.39 is 14.2 Å². The topological polar surface area (TPSA) is 35.5 Å². The van der Waals surface area contributed by atoms with Crippen LogP contribution in [0.25, 0.3) is 0 Å². The monoisotopic (exact) mass is 272 g/mol. The van der Waals surface area contributed by atoms with Crippen LogP contribution < -0.4 is 0 Å². The predicted octanol–water partition coefficient (Wildman–Crippen LogP) is 2.45. The number of alkyl halides is 1. The molecule has 0 aromatic carbocycles. The van der Waals surface area contributed by atoms with Crippen molar-refractivity contribution >= 4 is 25.8 Å². The zero-order valence-corrected chi connectivity index (χ0v) is 10.9. The zero-order valence-electron chi connectivity index (χ0n) is 8.29. The molecule has 0 atom stereocenters. The molecule has 5 heteroatoms. The van der Waals surface area contributed by atoms with Crippen molar-refractivity contribution in [3.05, 3.63) is 0 Å². The van der Waals surface area contributed by atoms with Crippen molar-refractivity contribution in [3.8, 4) is 0 Å². The first-order valence-corrected chi connectivity index (χ1v) is 8.78. The third-order valence-electron chi connectivity index (χ3n) is 1.34. The molecule has 0 saturated carbocycles. The Morgan fingerprint density at radius 1 is 1.15 bits per heavy atom. The molecule has 13 heavy (non-hydrogen) atoms. The van der Waals surface area contributed by atoms with E-state index in [4.69, 9.17) is 19.1 Å². The van der Waals surface area contributed by atoms with Crippen LogP contribution in [0.4, 0.5) is 0 Å². The van der Waals surface area contributed by atoms with Crippen molar-refractivity contribution in [1.82, 2.24) is 0 Å². The predicted molar refractivity (Wildman–Crippen MR) is 54.5 cm³/mol. The molecular weight excluding hydrogens is 254 g/mol. The van der Waals surface area contributed by atoms with Gasteiger partial charge < -0.3 is 0 Å². The van der Waals surface area contributed by atoms with Gasteiger partial charge in [0, 0.05) is 0 Å². The Kier molecular flexibility index (Phi) is 8.27. The first-order valence-electron chi connectivity index (χ1n) is 4.62. The fraction of sp³-hybridized carbons (Fsp3) is 1.00. The van der Waals surface area contributed by atoms with Crippen molar-refractivity contribution in [1.29, 1.82) is 0 Å². The minimum absolute atomic E-state index is 0.337. The SMILES string of the molecule is CCCO[As](=O)(CCCl)OCCC. The number of hydrogen-bond donors (Lipinski definition) is 0. The van der Waals surface area contributed by atoms with Gasteiger partial charge in [-0.3, -0.25) is 0 Å². The molecule has 0 rings (SSSR count). The molecule has 80 valence electrons. The van der Waals surface area contributed by atoms with Gasteiger partial charge in [0.1, 0.15) is 0 Å². The van der Waals surface area contributed by atoms with E-state index in [9.17, 15) is 3.74 Å². The minimum atomic E-state index is -3.52. The fourth-order valence-electron chi connectivity index (χ4n) is 0.731. The Labute approximate surface area is 88.1 Å². The molecule has 0 fully saturated rings. The summed E-state index contributed by atoms with van der Waals surface area (Å²) in [5.74, 6) is 0.337. The average Bonchev–Trinajstić information content (AvgIpc) is 2.12. The van der Waals surface area contributed by atoms with E-state index >= 15 is 0 Å². The van der Waals surface area contributed by atoms with E-state index in [1.54, 1.807) is 0 Å². The molecular formula is C8H18AsClO3. The van der Waals surface area contributed by atoms with Crippen LogP contribution in [0.15, 0.2) is 0 Å². The second-order valence-corrected chi connectivity index (χ2v) is 7.65. The maximum absolute atomic E-state index is 11.9. The summed E-state index contributed by atoms with van der Waals surface area (Å²) in [4.78, 5) is 0. The number of hydrogen-bond acceptors (Lipinski definition) is 3. The first kappa shape index (κ1) is 13.6. The molecule has 0 heterocycles. The summed E-state index contributed by atoms with van der Waals surface area (Å²) in [6, 6.07) is 0. The van der Waals surface area contributed by atoms with Gasteiger partial charge in [0.15, 0.2) is 0 Å². The Balaban J connectivity index is 3.92. The molecule has 0 aromatic rings. The number of rotatable bonds is 8. The van der Waals surface area contributed by atoms with Gasteiger partial charge in [0.05, 0.1) is 0 Å². The zero-order chi connectivity index (χ0) is 10.2. The van der Waals surface area contributed by atoms with E-state index in [0.717, 1.165) is 12.8 Å². The second kappa shape index (κ2) is 7.93. The summed E-state index contributed by atoms with van der Waals surface area (Å²) in [5, 5.41) is 0.361. The summed E-state index contributed by atoms with van der Waals surface area (Å²) < 4.78 is 22.3. The van der Waals surface area contributed by atoms with Crippen molar-refractivity contribution in [2.24, 2.45) is 0 Å². The molecule has 0 saturated heterocycles. The van der Waals surface area contributed by atoms with Crippen LogP contribution in [-0.4, -0.2) is 33.3 Å². The van der Waals surface area contributed by atoms with Gasteiger partial charge in [-0.2, -0.15) is 0 Å². The Hall–Kier alpha value is 0.568. The molecule has 0 aliphatic rings. The van der Waals surface area contributed by atoms with Gasteiger partial charge in [-0.1, -0.05) is 0 Å². The first-order chi connectivity index (χ1) is 6.18. The summed E-state index contributed by atoms with van der Waals surface area (Å²) >= 11 is 2.01. The number of halogens is 1. The summed E-state index contributed by atoms with van der Waals surface area (Å²) in [5.41, 5.74) is 0. The quantitative estimate of drug-likeness (QED) is 0.503. The summed E-state index contributed by atoms with van der Waals surface area (Å²) in [6.07, 6.45) is 1.70. The van der Waals surface area contributed by atoms with Gasteiger partial charge in [-0.15, -0.1) is 0 Å². The summed E-state index contributed by atoms with van der Waals surface area (Å²) in [7, 11) is 0. The fourth-order valence-corrected chi connectivity index (χ4v) is 4.87. The van der Waals surface area contributed by atoms with E-state index in [1.807, 2.05) is 13.8 Å². The maximum atomic E-state index is 11.9. The normalized spacial score (nSPS) is 11.9. The third-order valence-corrected chi connectivity index (χ3v) is 6.14. The van der Waals surface area contributed by atoms with Crippen LogP contribution >= 0.6 is 11.6 Å². The average molecular weight is 273 g/mol. The third kappa shape index (κ3) is 6.61. The van der Waals surface area contributed by atoms with Gasteiger partial charge in [-0.25, -0.2) is 0 Å². The van der Waals surface area contributed by atoms with Crippen LogP contribution in [0.1, 0.15) is 26.7 Å². The van der Waals surface area contributed by atoms with Crippen LogP contribution in [0.3, 0.4) is 0 Å². The molecule has 0 amide bonds. The van der Waals surface area contributed by atoms with Gasteiger partial charge in [-0.05, 0) is 0 Å². The van der Waals surface area contributed by atoms with Crippen LogP contribution in [0.5, 0.6) is 0 Å². The Bertz CT molecular complexity index is 151. The van der Waals surface area contributed by atoms with E-state index in [0.29, 0.717) is 24.3 Å². The molecule has 0 bridgehead atoms. The molecule has 0 aliphatic heterocycles. The Morgan fingerprint density at radius 2 is 1.62 bits per heavy atom. The molecule has 0 spiro atoms. The second-order valence-electron chi connectivity index (χ2n) is 2.69. The van der Waals surface area contributed by atoms with Gasteiger partial charge >= 0.3 is 88.0 Å². The van der Waals surface area contributed by atoms with Crippen molar-refractivity contribution in [2.75, 3.05) is 19.1 Å². The molecule has 0 N–H and O–H groups in total. The van der Waals surface area contributed by atoms with Crippen molar-refractivity contribution < 1.29 is 11.2 Å². The van der Waals surface area contributed by atoms with Crippen molar-refractivity contribution in [2.45, 2.75) is 31.9 Å². The van der Waals surface area contributed by atoms with Crippen LogP contribution in [0.2, 0.25) is 5.21 Å². The molecule has 0 unspecified atom stereocenters. The standard InChI is InChI=1S/C8H18AsClO3/c1-3-7-12-9(11,5-6-10)13-8-4-2/h3-8H2,1-2H3. The molecule has 0 aromatic heterocycles. The van der Waals surface area contributed by atoms with Gasteiger partial charge in [0.25, 0.3) is 0 Å². The molecule has 0 radical (unpaired) electrons. The van der Waals surface area contributed by atoms with Gasteiger partial charge in [0.2, 0.25) is 0 Å². The Morgan fingerprint density at radius 3 is 1.92 bits per heavy atom. The van der Waals surface area contributed by atoms with E-state index in [2.05, 4.69) is 0 Å².